The Kier molecular flexibility index (Phi) is 3.53. The zero-order valence-corrected chi connectivity index (χ0v) is 11.4. The highest BCUT2D eigenvalue weighted by Crippen LogP contribution is 2.34. The van der Waals surface area contributed by atoms with Crippen molar-refractivity contribution in [3.8, 4) is 0 Å². The van der Waals surface area contributed by atoms with Crippen molar-refractivity contribution < 1.29 is 8.42 Å². The van der Waals surface area contributed by atoms with Gasteiger partial charge in [0.05, 0.1) is 9.80 Å². The number of hydrogen-bond acceptors (Lipinski definition) is 2. The van der Waals surface area contributed by atoms with E-state index >= 15 is 0 Å². The normalized spacial score (nSPS) is 18.6. The van der Waals surface area contributed by atoms with Gasteiger partial charge in [-0.1, -0.05) is 36.4 Å². The van der Waals surface area contributed by atoms with Crippen LogP contribution in [0.2, 0.25) is 0 Å². The highest BCUT2D eigenvalue weighted by atomic mass is 32.2. The van der Waals surface area contributed by atoms with Gasteiger partial charge in [-0.2, -0.15) is 0 Å². The van der Waals surface area contributed by atoms with Crippen molar-refractivity contribution in [1.82, 2.24) is 0 Å². The third-order valence-electron chi connectivity index (χ3n) is 2.93. The lowest BCUT2D eigenvalue weighted by Gasteiger charge is -2.19. The van der Waals surface area contributed by atoms with Gasteiger partial charge in [-0.25, -0.2) is 8.42 Å². The third kappa shape index (κ3) is 2.06. The van der Waals surface area contributed by atoms with E-state index in [0.717, 1.165) is 11.1 Å². The second-order valence-corrected chi connectivity index (χ2v) is 6.06. The van der Waals surface area contributed by atoms with Gasteiger partial charge in [-0.3, -0.25) is 0 Å². The van der Waals surface area contributed by atoms with Crippen LogP contribution >= 0.6 is 0 Å². The van der Waals surface area contributed by atoms with Gasteiger partial charge in [0.1, 0.15) is 0 Å². The maximum Gasteiger partial charge on any atom is 0.207 e. The molecule has 1 aliphatic rings. The summed E-state index contributed by atoms with van der Waals surface area (Å²) >= 11 is 0. The van der Waals surface area contributed by atoms with Crippen LogP contribution in [0.1, 0.15) is 19.4 Å². The molecule has 0 unspecified atom stereocenters. The van der Waals surface area contributed by atoms with Gasteiger partial charge >= 0.3 is 0 Å². The summed E-state index contributed by atoms with van der Waals surface area (Å²) < 4.78 is 25.1. The van der Waals surface area contributed by atoms with E-state index in [1.807, 2.05) is 38.1 Å². The van der Waals surface area contributed by atoms with E-state index in [2.05, 4.69) is 0 Å². The van der Waals surface area contributed by atoms with Gasteiger partial charge < -0.3 is 0 Å². The largest absolute Gasteiger partial charge is 0.218 e. The summed E-state index contributed by atoms with van der Waals surface area (Å²) in [6, 6.07) is 7.20. The number of allylic oxidation sites excluding steroid dienone is 5. The Morgan fingerprint density at radius 1 is 1.06 bits per heavy atom. The van der Waals surface area contributed by atoms with Gasteiger partial charge in [-0.15, -0.1) is 0 Å². The first kappa shape index (κ1) is 12.8. The van der Waals surface area contributed by atoms with Crippen molar-refractivity contribution in [2.75, 3.05) is 0 Å². The van der Waals surface area contributed by atoms with Crippen molar-refractivity contribution in [3.05, 3.63) is 64.6 Å². The molecule has 94 valence electrons. The molecule has 0 radical (unpaired) electrons. The number of hydrogen-bond donors (Lipinski definition) is 0. The maximum atomic E-state index is 12.5. The minimum absolute atomic E-state index is 0.418. The topological polar surface area (TPSA) is 34.1 Å². The zero-order chi connectivity index (χ0) is 13.2. The van der Waals surface area contributed by atoms with Crippen LogP contribution in [-0.4, -0.2) is 8.42 Å². The average molecular weight is 260 g/mol. The van der Waals surface area contributed by atoms with E-state index < -0.39 is 9.84 Å². The van der Waals surface area contributed by atoms with Crippen molar-refractivity contribution in [2.45, 2.75) is 25.2 Å². The minimum Gasteiger partial charge on any atom is -0.218 e. The van der Waals surface area contributed by atoms with Gasteiger partial charge in [-0.05, 0) is 37.1 Å². The molecule has 2 rings (SSSR count). The van der Waals surface area contributed by atoms with E-state index in [0.29, 0.717) is 16.2 Å². The fraction of sp³-hybridized carbons (Fsp3) is 0.200. The van der Waals surface area contributed by atoms with E-state index in [4.69, 9.17) is 0 Å². The highest BCUT2D eigenvalue weighted by molar-refractivity contribution is 7.95. The number of benzene rings is 1. The molecule has 2 nitrogen and oxygen atoms in total. The fourth-order valence-electron chi connectivity index (χ4n) is 2.19. The first-order valence-corrected chi connectivity index (χ1v) is 7.41. The second kappa shape index (κ2) is 4.94. The summed E-state index contributed by atoms with van der Waals surface area (Å²) in [5.74, 6) is 0. The summed E-state index contributed by atoms with van der Waals surface area (Å²) in [5, 5.41) is 0. The molecule has 0 spiro atoms. The molecule has 1 aromatic carbocycles. The molecule has 0 atom stereocenters. The van der Waals surface area contributed by atoms with Crippen LogP contribution in [0.4, 0.5) is 0 Å². The Balaban J connectivity index is 2.73. The summed E-state index contributed by atoms with van der Waals surface area (Å²) in [6.45, 7) is 3.73. The second-order valence-electron chi connectivity index (χ2n) is 4.18. The first-order valence-electron chi connectivity index (χ1n) is 5.92. The molecule has 0 bridgehead atoms. The predicted octanol–water partition coefficient (Wildman–Crippen LogP) is 3.42. The molecular formula is C15H16O2S. The first-order chi connectivity index (χ1) is 8.61. The number of sulfone groups is 1. The van der Waals surface area contributed by atoms with Crippen LogP contribution in [0.5, 0.6) is 0 Å². The fourth-order valence-corrected chi connectivity index (χ4v) is 3.97. The predicted molar refractivity (Wildman–Crippen MR) is 74.0 cm³/mol. The molecule has 1 heterocycles. The summed E-state index contributed by atoms with van der Waals surface area (Å²) in [4.78, 5) is 0.855. The van der Waals surface area contributed by atoms with E-state index in [-0.39, 0.29) is 0 Å². The van der Waals surface area contributed by atoms with Crippen LogP contribution in [0, 0.1) is 0 Å². The molecule has 0 saturated heterocycles. The monoisotopic (exact) mass is 260 g/mol. The van der Waals surface area contributed by atoms with Crippen molar-refractivity contribution in [1.29, 1.82) is 0 Å². The quantitative estimate of drug-likeness (QED) is 0.816. The highest BCUT2D eigenvalue weighted by Gasteiger charge is 2.28. The van der Waals surface area contributed by atoms with E-state index in [1.165, 1.54) is 0 Å². The Bertz CT molecular complexity index is 647. The molecule has 0 N–H and O–H groups in total. The Morgan fingerprint density at radius 3 is 2.39 bits per heavy atom. The lowest BCUT2D eigenvalue weighted by Crippen LogP contribution is -2.14. The van der Waals surface area contributed by atoms with Crippen LogP contribution in [0.15, 0.2) is 63.9 Å². The lowest BCUT2D eigenvalue weighted by atomic mass is 10.0. The smallest absolute Gasteiger partial charge is 0.207 e. The van der Waals surface area contributed by atoms with Crippen LogP contribution in [0.25, 0.3) is 0 Å². The van der Waals surface area contributed by atoms with E-state index in [9.17, 15) is 8.42 Å². The van der Waals surface area contributed by atoms with Gasteiger partial charge in [0.25, 0.3) is 0 Å². The van der Waals surface area contributed by atoms with Crippen LogP contribution in [0.3, 0.4) is 0 Å². The van der Waals surface area contributed by atoms with Crippen molar-refractivity contribution in [2.24, 2.45) is 0 Å². The summed E-state index contributed by atoms with van der Waals surface area (Å²) in [6.07, 6.45) is 7.87. The molecule has 3 heteroatoms. The van der Waals surface area contributed by atoms with Gasteiger partial charge in [0.2, 0.25) is 9.84 Å². The molecule has 18 heavy (non-hydrogen) atoms. The lowest BCUT2D eigenvalue weighted by molar-refractivity contribution is 0.600. The Hall–Kier alpha value is -1.61. The molecule has 0 aromatic heterocycles. The molecule has 1 aromatic rings. The van der Waals surface area contributed by atoms with Crippen LogP contribution in [-0.2, 0) is 16.3 Å². The average Bonchev–Trinajstić information content (AvgIpc) is 2.35. The van der Waals surface area contributed by atoms with Gasteiger partial charge in [0, 0.05) is 6.42 Å². The van der Waals surface area contributed by atoms with E-state index in [1.54, 1.807) is 24.3 Å². The zero-order valence-electron chi connectivity index (χ0n) is 10.6. The number of rotatable bonds is 2. The van der Waals surface area contributed by atoms with Gasteiger partial charge in [0.15, 0.2) is 0 Å². The summed E-state index contributed by atoms with van der Waals surface area (Å²) in [5.41, 5.74) is 1.73. The molecule has 0 fully saturated rings. The SMILES string of the molecule is C/C=C\C1=C(/C=C\C)S(=O)(=O)c2ccccc2C1. The molecule has 1 aliphatic heterocycles. The molecule has 0 saturated carbocycles. The Labute approximate surface area is 108 Å². The van der Waals surface area contributed by atoms with Crippen molar-refractivity contribution >= 4 is 9.84 Å². The molecular weight excluding hydrogens is 244 g/mol. The van der Waals surface area contributed by atoms with Crippen LogP contribution < -0.4 is 0 Å². The third-order valence-corrected chi connectivity index (χ3v) is 4.89. The number of fused-ring (bicyclic) bond motifs is 1. The minimum atomic E-state index is -3.37. The molecule has 0 aliphatic carbocycles. The standard InChI is InChI=1S/C15H16O2S/c1-3-7-12-11-13-9-5-6-10-15(13)18(16,17)14(12)8-4-2/h3-10H,11H2,1-2H3/b7-3-,8-4-. The van der Waals surface area contributed by atoms with Crippen molar-refractivity contribution in [3.63, 3.8) is 0 Å². The molecule has 0 amide bonds. The maximum absolute atomic E-state index is 12.5. The summed E-state index contributed by atoms with van der Waals surface area (Å²) in [7, 11) is -3.37. The Morgan fingerprint density at radius 2 is 1.72 bits per heavy atom.